The highest BCUT2D eigenvalue weighted by molar-refractivity contribution is 5.92. The van der Waals surface area contributed by atoms with Crippen LogP contribution in [-0.2, 0) is 16.1 Å². The van der Waals surface area contributed by atoms with Crippen LogP contribution < -0.4 is 14.8 Å². The molecule has 1 N–H and O–H groups in total. The molecular formula is C26H30N2O4. The van der Waals surface area contributed by atoms with Gasteiger partial charge in [0.25, 0.3) is 0 Å². The van der Waals surface area contributed by atoms with E-state index in [0.29, 0.717) is 50.6 Å². The van der Waals surface area contributed by atoms with Gasteiger partial charge in [-0.25, -0.2) is 0 Å². The number of likely N-dealkylation sites (tertiary alicyclic amines) is 1. The van der Waals surface area contributed by atoms with Gasteiger partial charge in [0.2, 0.25) is 11.8 Å². The first-order valence-electron chi connectivity index (χ1n) is 10.8. The van der Waals surface area contributed by atoms with Crippen LogP contribution in [0.2, 0.25) is 0 Å². The van der Waals surface area contributed by atoms with Crippen molar-refractivity contribution in [2.45, 2.75) is 19.4 Å². The van der Waals surface area contributed by atoms with Crippen LogP contribution in [-0.4, -0.2) is 43.5 Å². The fourth-order valence-electron chi connectivity index (χ4n) is 3.62. The maximum Gasteiger partial charge on any atom is 0.246 e. The smallest absolute Gasteiger partial charge is 0.246 e. The number of methoxy groups -OCH3 is 1. The number of benzene rings is 2. The van der Waals surface area contributed by atoms with Crippen LogP contribution in [0, 0.1) is 5.92 Å². The van der Waals surface area contributed by atoms with E-state index in [9.17, 15) is 9.59 Å². The van der Waals surface area contributed by atoms with Gasteiger partial charge in [-0.1, -0.05) is 49.1 Å². The summed E-state index contributed by atoms with van der Waals surface area (Å²) in [5.74, 6) is 1.17. The lowest BCUT2D eigenvalue weighted by molar-refractivity contribution is -0.132. The van der Waals surface area contributed by atoms with Crippen LogP contribution in [0.15, 0.2) is 67.3 Å². The van der Waals surface area contributed by atoms with Crippen molar-refractivity contribution in [3.63, 3.8) is 0 Å². The summed E-state index contributed by atoms with van der Waals surface area (Å²) in [5.41, 5.74) is 1.92. The molecule has 2 aromatic rings. The third kappa shape index (κ3) is 6.48. The average Bonchev–Trinajstić information content (AvgIpc) is 2.85. The SMILES string of the molecule is C=CCOc1ccc(/C=C/C(=O)N2CCC(C(=O)NCc3ccccc3)CC2)cc1OC. The van der Waals surface area contributed by atoms with Crippen molar-refractivity contribution >= 4 is 17.9 Å². The average molecular weight is 435 g/mol. The van der Waals surface area contributed by atoms with Crippen molar-refractivity contribution in [2.75, 3.05) is 26.8 Å². The predicted molar refractivity (Wildman–Crippen MR) is 125 cm³/mol. The molecule has 0 atom stereocenters. The van der Waals surface area contributed by atoms with Gasteiger partial charge in [0.15, 0.2) is 11.5 Å². The Bertz CT molecular complexity index is 948. The van der Waals surface area contributed by atoms with E-state index in [1.54, 1.807) is 30.2 Å². The summed E-state index contributed by atoms with van der Waals surface area (Å²) in [6.07, 6.45) is 6.34. The summed E-state index contributed by atoms with van der Waals surface area (Å²) in [7, 11) is 1.58. The van der Waals surface area contributed by atoms with E-state index in [0.717, 1.165) is 11.1 Å². The quantitative estimate of drug-likeness (QED) is 0.481. The zero-order valence-corrected chi connectivity index (χ0v) is 18.5. The van der Waals surface area contributed by atoms with E-state index in [4.69, 9.17) is 9.47 Å². The number of nitrogens with one attached hydrogen (secondary N) is 1. The van der Waals surface area contributed by atoms with Crippen molar-refractivity contribution < 1.29 is 19.1 Å². The molecule has 1 saturated heterocycles. The van der Waals surface area contributed by atoms with Crippen LogP contribution in [0.1, 0.15) is 24.0 Å². The molecule has 0 saturated carbocycles. The van der Waals surface area contributed by atoms with Crippen molar-refractivity contribution in [1.82, 2.24) is 10.2 Å². The van der Waals surface area contributed by atoms with Gasteiger partial charge in [0.05, 0.1) is 7.11 Å². The molecule has 1 heterocycles. The minimum Gasteiger partial charge on any atom is -0.493 e. The van der Waals surface area contributed by atoms with Crippen LogP contribution in [0.5, 0.6) is 11.5 Å². The third-order valence-electron chi connectivity index (χ3n) is 5.45. The number of piperidine rings is 1. The number of hydrogen-bond acceptors (Lipinski definition) is 4. The minimum absolute atomic E-state index is 0.0564. The normalized spacial score (nSPS) is 14.2. The van der Waals surface area contributed by atoms with Gasteiger partial charge in [-0.15, -0.1) is 0 Å². The molecule has 1 aliphatic heterocycles. The van der Waals surface area contributed by atoms with E-state index in [-0.39, 0.29) is 17.7 Å². The van der Waals surface area contributed by atoms with E-state index in [2.05, 4.69) is 11.9 Å². The standard InChI is InChI=1S/C26H30N2O4/c1-3-17-32-23-11-9-20(18-24(23)31-2)10-12-25(29)28-15-13-22(14-16-28)26(30)27-19-21-7-5-4-6-8-21/h3-12,18,22H,1,13-17,19H2,2H3,(H,27,30)/b12-10+. The Morgan fingerprint density at radius 3 is 2.56 bits per heavy atom. The van der Waals surface area contributed by atoms with Gasteiger partial charge in [-0.3, -0.25) is 9.59 Å². The second kappa shape index (κ2) is 11.7. The lowest BCUT2D eigenvalue weighted by Gasteiger charge is -2.30. The van der Waals surface area contributed by atoms with E-state index >= 15 is 0 Å². The lowest BCUT2D eigenvalue weighted by atomic mass is 9.95. The number of carbonyl (C=O) groups excluding carboxylic acids is 2. The van der Waals surface area contributed by atoms with Gasteiger partial charge in [0, 0.05) is 31.6 Å². The minimum atomic E-state index is -0.0564. The molecule has 0 bridgehead atoms. The molecule has 168 valence electrons. The molecular weight excluding hydrogens is 404 g/mol. The first-order chi connectivity index (χ1) is 15.6. The van der Waals surface area contributed by atoms with Crippen molar-refractivity contribution in [3.05, 3.63) is 78.4 Å². The molecule has 2 amide bonds. The molecule has 32 heavy (non-hydrogen) atoms. The number of nitrogens with zero attached hydrogens (tertiary/aromatic N) is 1. The fraction of sp³-hybridized carbons (Fsp3) is 0.308. The molecule has 0 aromatic heterocycles. The van der Waals surface area contributed by atoms with Crippen LogP contribution in [0.3, 0.4) is 0 Å². The van der Waals surface area contributed by atoms with Crippen LogP contribution in [0.4, 0.5) is 0 Å². The summed E-state index contributed by atoms with van der Waals surface area (Å²) >= 11 is 0. The lowest BCUT2D eigenvalue weighted by Crippen LogP contribution is -2.42. The molecule has 0 radical (unpaired) electrons. The van der Waals surface area contributed by atoms with Gasteiger partial charge >= 0.3 is 0 Å². The first-order valence-corrected chi connectivity index (χ1v) is 10.8. The molecule has 2 aromatic carbocycles. The van der Waals surface area contributed by atoms with E-state index in [1.165, 1.54) is 0 Å². The summed E-state index contributed by atoms with van der Waals surface area (Å²) in [5, 5.41) is 3.00. The molecule has 0 aliphatic carbocycles. The fourth-order valence-corrected chi connectivity index (χ4v) is 3.62. The molecule has 6 nitrogen and oxygen atoms in total. The van der Waals surface area contributed by atoms with Crippen molar-refractivity contribution in [3.8, 4) is 11.5 Å². The Balaban J connectivity index is 1.48. The maximum atomic E-state index is 12.6. The zero-order chi connectivity index (χ0) is 22.8. The summed E-state index contributed by atoms with van der Waals surface area (Å²) in [6.45, 7) is 5.71. The maximum absolute atomic E-state index is 12.6. The number of carbonyl (C=O) groups is 2. The van der Waals surface area contributed by atoms with Gasteiger partial charge in [0.1, 0.15) is 6.61 Å². The molecule has 6 heteroatoms. The molecule has 0 spiro atoms. The molecule has 1 fully saturated rings. The molecule has 3 rings (SSSR count). The second-order valence-corrected chi connectivity index (χ2v) is 7.65. The van der Waals surface area contributed by atoms with E-state index < -0.39 is 0 Å². The second-order valence-electron chi connectivity index (χ2n) is 7.65. The number of rotatable bonds is 9. The first kappa shape index (κ1) is 23.1. The van der Waals surface area contributed by atoms with Crippen LogP contribution >= 0.6 is 0 Å². The zero-order valence-electron chi connectivity index (χ0n) is 18.5. The van der Waals surface area contributed by atoms with E-state index in [1.807, 2.05) is 48.5 Å². The predicted octanol–water partition coefficient (Wildman–Crippen LogP) is 3.83. The highest BCUT2D eigenvalue weighted by atomic mass is 16.5. The number of amides is 2. The topological polar surface area (TPSA) is 67.9 Å². The molecule has 1 aliphatic rings. The summed E-state index contributed by atoms with van der Waals surface area (Å²) in [4.78, 5) is 26.8. The Labute approximate surface area is 189 Å². The van der Waals surface area contributed by atoms with Crippen LogP contribution in [0.25, 0.3) is 6.08 Å². The van der Waals surface area contributed by atoms with Crippen molar-refractivity contribution in [1.29, 1.82) is 0 Å². The Hall–Kier alpha value is -3.54. The highest BCUT2D eigenvalue weighted by Gasteiger charge is 2.26. The monoisotopic (exact) mass is 434 g/mol. The number of ether oxygens (including phenoxy) is 2. The van der Waals surface area contributed by atoms with Gasteiger partial charge in [-0.2, -0.15) is 0 Å². The highest BCUT2D eigenvalue weighted by Crippen LogP contribution is 2.28. The third-order valence-corrected chi connectivity index (χ3v) is 5.45. The summed E-state index contributed by atoms with van der Waals surface area (Å²) in [6, 6.07) is 15.4. The van der Waals surface area contributed by atoms with Crippen molar-refractivity contribution in [2.24, 2.45) is 5.92 Å². The van der Waals surface area contributed by atoms with Gasteiger partial charge in [-0.05, 0) is 42.2 Å². The molecule has 0 unspecified atom stereocenters. The Kier molecular flexibility index (Phi) is 8.49. The Morgan fingerprint density at radius 2 is 1.88 bits per heavy atom. The Morgan fingerprint density at radius 1 is 1.12 bits per heavy atom. The summed E-state index contributed by atoms with van der Waals surface area (Å²) < 4.78 is 10.9. The number of hydrogen-bond donors (Lipinski definition) is 1. The van der Waals surface area contributed by atoms with Gasteiger partial charge < -0.3 is 19.7 Å². The largest absolute Gasteiger partial charge is 0.493 e.